The van der Waals surface area contributed by atoms with Crippen LogP contribution < -0.4 is 5.32 Å². The van der Waals surface area contributed by atoms with Crippen LogP contribution in [0.5, 0.6) is 0 Å². The predicted octanol–water partition coefficient (Wildman–Crippen LogP) is 5.00. The minimum absolute atomic E-state index is 0.254. The highest BCUT2D eigenvalue weighted by atomic mass is 79.9. The maximum Gasteiger partial charge on any atom is 0.0464 e. The second kappa shape index (κ2) is 7.09. The Morgan fingerprint density at radius 2 is 1.89 bits per heavy atom. The molecule has 19 heavy (non-hydrogen) atoms. The van der Waals surface area contributed by atoms with Crippen LogP contribution in [0, 0.1) is 0 Å². The van der Waals surface area contributed by atoms with Crippen LogP contribution in [0.3, 0.4) is 0 Å². The number of halogens is 2. The summed E-state index contributed by atoms with van der Waals surface area (Å²) >= 11 is 9.67. The third-order valence-electron chi connectivity index (χ3n) is 3.14. The van der Waals surface area contributed by atoms with Crippen LogP contribution in [-0.4, -0.2) is 6.54 Å². The van der Waals surface area contributed by atoms with Crippen molar-refractivity contribution < 1.29 is 0 Å². The maximum absolute atomic E-state index is 6.25. The van der Waals surface area contributed by atoms with E-state index in [9.17, 15) is 0 Å². The zero-order chi connectivity index (χ0) is 13.7. The van der Waals surface area contributed by atoms with Crippen molar-refractivity contribution in [3.63, 3.8) is 0 Å². The Morgan fingerprint density at radius 3 is 2.58 bits per heavy atom. The van der Waals surface area contributed by atoms with Crippen LogP contribution in [0.15, 0.2) is 53.0 Å². The van der Waals surface area contributed by atoms with Gasteiger partial charge in [0.15, 0.2) is 0 Å². The van der Waals surface area contributed by atoms with Crippen LogP contribution in [-0.2, 0) is 6.42 Å². The molecule has 2 rings (SSSR count). The topological polar surface area (TPSA) is 12.0 Å². The van der Waals surface area contributed by atoms with Gasteiger partial charge in [-0.2, -0.15) is 0 Å². The molecule has 0 aliphatic carbocycles. The van der Waals surface area contributed by atoms with Gasteiger partial charge in [-0.1, -0.05) is 63.9 Å². The van der Waals surface area contributed by atoms with Crippen molar-refractivity contribution in [3.8, 4) is 0 Å². The van der Waals surface area contributed by atoms with Gasteiger partial charge in [-0.25, -0.2) is 0 Å². The first-order valence-corrected chi connectivity index (χ1v) is 7.56. The minimum atomic E-state index is 0.254. The molecule has 0 radical (unpaired) electrons. The molecule has 0 aliphatic rings. The lowest BCUT2D eigenvalue weighted by Gasteiger charge is -2.16. The van der Waals surface area contributed by atoms with E-state index in [1.165, 1.54) is 5.56 Å². The molecular weight excluding hydrogens is 322 g/mol. The van der Waals surface area contributed by atoms with Crippen molar-refractivity contribution in [2.24, 2.45) is 0 Å². The first kappa shape index (κ1) is 14.6. The lowest BCUT2D eigenvalue weighted by atomic mass is 10.1. The molecule has 0 aromatic heterocycles. The van der Waals surface area contributed by atoms with Crippen LogP contribution in [0.1, 0.15) is 24.1 Å². The summed E-state index contributed by atoms with van der Waals surface area (Å²) in [6.07, 6.45) is 1.03. The molecule has 0 bridgehead atoms. The Hall–Kier alpha value is -0.830. The quantitative estimate of drug-likeness (QED) is 0.809. The van der Waals surface area contributed by atoms with Crippen LogP contribution >= 0.6 is 27.5 Å². The van der Waals surface area contributed by atoms with E-state index in [0.717, 1.165) is 28.0 Å². The smallest absolute Gasteiger partial charge is 0.0464 e. The summed E-state index contributed by atoms with van der Waals surface area (Å²) in [5, 5.41) is 4.31. The normalized spacial score (nSPS) is 12.4. The van der Waals surface area contributed by atoms with Gasteiger partial charge < -0.3 is 5.32 Å². The van der Waals surface area contributed by atoms with Crippen molar-refractivity contribution in [1.82, 2.24) is 5.32 Å². The molecule has 0 spiro atoms. The zero-order valence-corrected chi connectivity index (χ0v) is 13.2. The lowest BCUT2D eigenvalue weighted by Crippen LogP contribution is -2.21. The molecule has 1 unspecified atom stereocenters. The molecule has 0 amide bonds. The third kappa shape index (κ3) is 4.34. The molecular formula is C16H17BrClN. The van der Waals surface area contributed by atoms with Crippen LogP contribution in [0.25, 0.3) is 0 Å². The average molecular weight is 339 g/mol. The van der Waals surface area contributed by atoms with E-state index in [-0.39, 0.29) is 6.04 Å². The number of hydrogen-bond acceptors (Lipinski definition) is 1. The predicted molar refractivity (Wildman–Crippen MR) is 85.7 cm³/mol. The summed E-state index contributed by atoms with van der Waals surface area (Å²) < 4.78 is 1.01. The highest BCUT2D eigenvalue weighted by molar-refractivity contribution is 9.10. The Balaban J connectivity index is 1.89. The second-order valence-electron chi connectivity index (χ2n) is 4.58. The van der Waals surface area contributed by atoms with Gasteiger partial charge in [0, 0.05) is 15.5 Å². The molecule has 1 nitrogen and oxygen atoms in total. The van der Waals surface area contributed by atoms with Gasteiger partial charge in [-0.3, -0.25) is 0 Å². The van der Waals surface area contributed by atoms with E-state index < -0.39 is 0 Å². The standard InChI is InChI=1S/C16H17BrClN/c1-12(15-8-7-14(17)11-16(15)18)19-10-9-13-5-3-2-4-6-13/h2-8,11-12,19H,9-10H2,1H3. The largest absolute Gasteiger partial charge is 0.310 e. The van der Waals surface area contributed by atoms with Gasteiger partial charge in [0.25, 0.3) is 0 Å². The van der Waals surface area contributed by atoms with Crippen LogP contribution in [0.2, 0.25) is 5.02 Å². The monoisotopic (exact) mass is 337 g/mol. The Morgan fingerprint density at radius 1 is 1.16 bits per heavy atom. The minimum Gasteiger partial charge on any atom is -0.310 e. The Kier molecular flexibility index (Phi) is 5.44. The summed E-state index contributed by atoms with van der Waals surface area (Å²) in [4.78, 5) is 0. The second-order valence-corrected chi connectivity index (χ2v) is 5.90. The van der Waals surface area contributed by atoms with Gasteiger partial charge in [0.2, 0.25) is 0 Å². The van der Waals surface area contributed by atoms with E-state index in [2.05, 4.69) is 58.5 Å². The summed E-state index contributed by atoms with van der Waals surface area (Å²) in [5.74, 6) is 0. The summed E-state index contributed by atoms with van der Waals surface area (Å²) in [6, 6.07) is 16.8. The molecule has 3 heteroatoms. The van der Waals surface area contributed by atoms with E-state index in [1.807, 2.05) is 18.2 Å². The van der Waals surface area contributed by atoms with Crippen LogP contribution in [0.4, 0.5) is 0 Å². The van der Waals surface area contributed by atoms with E-state index in [0.29, 0.717) is 0 Å². The fraction of sp³-hybridized carbons (Fsp3) is 0.250. The highest BCUT2D eigenvalue weighted by Gasteiger charge is 2.09. The third-order valence-corrected chi connectivity index (χ3v) is 3.96. The molecule has 1 atom stereocenters. The van der Waals surface area contributed by atoms with E-state index in [4.69, 9.17) is 11.6 Å². The molecule has 0 fully saturated rings. The van der Waals surface area contributed by atoms with Gasteiger partial charge in [0.1, 0.15) is 0 Å². The summed E-state index contributed by atoms with van der Waals surface area (Å²) in [6.45, 7) is 3.08. The average Bonchev–Trinajstić information content (AvgIpc) is 2.39. The maximum atomic E-state index is 6.25. The van der Waals surface area contributed by atoms with Gasteiger partial charge >= 0.3 is 0 Å². The number of nitrogens with one attached hydrogen (secondary N) is 1. The summed E-state index contributed by atoms with van der Waals surface area (Å²) in [5.41, 5.74) is 2.49. The van der Waals surface area contributed by atoms with E-state index in [1.54, 1.807) is 0 Å². The highest BCUT2D eigenvalue weighted by Crippen LogP contribution is 2.26. The van der Waals surface area contributed by atoms with Gasteiger partial charge in [0.05, 0.1) is 0 Å². The molecule has 100 valence electrons. The van der Waals surface area contributed by atoms with Crippen molar-refractivity contribution in [2.75, 3.05) is 6.54 Å². The molecule has 0 aliphatic heterocycles. The van der Waals surface area contributed by atoms with Gasteiger partial charge in [-0.15, -0.1) is 0 Å². The van der Waals surface area contributed by atoms with Crippen molar-refractivity contribution >= 4 is 27.5 Å². The molecule has 2 aromatic rings. The number of hydrogen-bond donors (Lipinski definition) is 1. The Bertz CT molecular complexity index is 528. The van der Waals surface area contributed by atoms with Crippen molar-refractivity contribution in [3.05, 3.63) is 69.2 Å². The van der Waals surface area contributed by atoms with Crippen molar-refractivity contribution in [2.45, 2.75) is 19.4 Å². The van der Waals surface area contributed by atoms with Gasteiger partial charge in [-0.05, 0) is 43.1 Å². The molecule has 1 N–H and O–H groups in total. The molecule has 0 heterocycles. The number of rotatable bonds is 5. The summed E-state index contributed by atoms with van der Waals surface area (Å²) in [7, 11) is 0. The fourth-order valence-corrected chi connectivity index (χ4v) is 2.88. The molecule has 0 saturated carbocycles. The Labute approximate surface area is 128 Å². The fourth-order valence-electron chi connectivity index (χ4n) is 2.04. The van der Waals surface area contributed by atoms with E-state index >= 15 is 0 Å². The molecule has 2 aromatic carbocycles. The zero-order valence-electron chi connectivity index (χ0n) is 10.9. The first-order chi connectivity index (χ1) is 9.16. The SMILES string of the molecule is CC(NCCc1ccccc1)c1ccc(Br)cc1Cl. The molecule has 0 saturated heterocycles. The van der Waals surface area contributed by atoms with Crippen molar-refractivity contribution in [1.29, 1.82) is 0 Å². The first-order valence-electron chi connectivity index (χ1n) is 6.39. The number of benzene rings is 2. The lowest BCUT2D eigenvalue weighted by molar-refractivity contribution is 0.577.